The Morgan fingerprint density at radius 1 is 1.04 bits per heavy atom. The van der Waals surface area contributed by atoms with Crippen LogP contribution in [0.15, 0.2) is 65.8 Å². The van der Waals surface area contributed by atoms with Crippen LogP contribution in [0, 0.1) is 0 Å². The van der Waals surface area contributed by atoms with Gasteiger partial charge in [0, 0.05) is 16.5 Å². The van der Waals surface area contributed by atoms with Gasteiger partial charge in [0.25, 0.3) is 5.91 Å². The second-order valence-electron chi connectivity index (χ2n) is 5.55. The number of aromatic hydroxyl groups is 1. The van der Waals surface area contributed by atoms with Crippen molar-refractivity contribution in [1.82, 2.24) is 5.43 Å². The highest BCUT2D eigenvalue weighted by Crippen LogP contribution is 2.28. The largest absolute Gasteiger partial charge is 0.507 e. The van der Waals surface area contributed by atoms with Crippen molar-refractivity contribution in [3.63, 3.8) is 0 Å². The molecule has 0 radical (unpaired) electrons. The van der Waals surface area contributed by atoms with Crippen molar-refractivity contribution in [3.8, 4) is 11.5 Å². The molecule has 25 heavy (non-hydrogen) atoms. The summed E-state index contributed by atoms with van der Waals surface area (Å²) in [4.78, 5) is 12.2. The second-order valence-corrected chi connectivity index (χ2v) is 5.55. The van der Waals surface area contributed by atoms with E-state index in [-0.39, 0.29) is 11.7 Å². The van der Waals surface area contributed by atoms with E-state index in [2.05, 4.69) is 10.5 Å². The molecule has 0 spiro atoms. The van der Waals surface area contributed by atoms with Crippen LogP contribution in [0.2, 0.25) is 0 Å². The number of hydrazone groups is 1. The maximum atomic E-state index is 12.2. The number of nitrogens with one attached hydrogen (secondary N) is 1. The molecular formula is C20H18N2O3. The van der Waals surface area contributed by atoms with E-state index in [0.717, 1.165) is 10.8 Å². The van der Waals surface area contributed by atoms with Gasteiger partial charge >= 0.3 is 0 Å². The standard InChI is InChI=1S/C20H18N2O3/c1-13(17-12-9-14-5-3-4-6-18(14)19(17)23)21-22-20(24)15-7-10-16(25-2)11-8-15/h3-12,23H,1-2H3,(H,22,24)/b21-13+. The average Bonchev–Trinajstić information content (AvgIpc) is 2.66. The topological polar surface area (TPSA) is 70.9 Å². The van der Waals surface area contributed by atoms with Crippen LogP contribution in [-0.4, -0.2) is 23.8 Å². The maximum Gasteiger partial charge on any atom is 0.271 e. The fraction of sp³-hybridized carbons (Fsp3) is 0.100. The van der Waals surface area contributed by atoms with Gasteiger partial charge in [-0.2, -0.15) is 5.10 Å². The summed E-state index contributed by atoms with van der Waals surface area (Å²) in [6, 6.07) is 18.0. The summed E-state index contributed by atoms with van der Waals surface area (Å²) in [5, 5.41) is 16.2. The summed E-state index contributed by atoms with van der Waals surface area (Å²) in [6.45, 7) is 1.73. The summed E-state index contributed by atoms with van der Waals surface area (Å²) >= 11 is 0. The van der Waals surface area contributed by atoms with E-state index in [1.807, 2.05) is 30.3 Å². The Kier molecular flexibility index (Phi) is 4.66. The van der Waals surface area contributed by atoms with Crippen LogP contribution in [0.4, 0.5) is 0 Å². The lowest BCUT2D eigenvalue weighted by molar-refractivity contribution is 0.0955. The SMILES string of the molecule is COc1ccc(C(=O)N/N=C(\C)c2ccc3ccccc3c2O)cc1. The Balaban J connectivity index is 1.81. The number of hydrogen-bond donors (Lipinski definition) is 2. The summed E-state index contributed by atoms with van der Waals surface area (Å²) in [5.41, 5.74) is 4.08. The molecule has 5 heteroatoms. The zero-order valence-electron chi connectivity index (χ0n) is 14.0. The lowest BCUT2D eigenvalue weighted by Gasteiger charge is -2.08. The van der Waals surface area contributed by atoms with E-state index in [4.69, 9.17) is 4.74 Å². The summed E-state index contributed by atoms with van der Waals surface area (Å²) in [6.07, 6.45) is 0. The number of methoxy groups -OCH3 is 1. The molecule has 2 N–H and O–H groups in total. The molecule has 0 aliphatic rings. The molecule has 0 heterocycles. The first kappa shape index (κ1) is 16.5. The molecule has 126 valence electrons. The van der Waals surface area contributed by atoms with E-state index in [1.165, 1.54) is 0 Å². The molecule has 0 unspecified atom stereocenters. The first-order valence-corrected chi connectivity index (χ1v) is 7.80. The number of fused-ring (bicyclic) bond motifs is 1. The van der Waals surface area contributed by atoms with Gasteiger partial charge < -0.3 is 9.84 Å². The Morgan fingerprint density at radius 2 is 1.76 bits per heavy atom. The van der Waals surface area contributed by atoms with Crippen LogP contribution >= 0.6 is 0 Å². The van der Waals surface area contributed by atoms with Crippen LogP contribution in [0.3, 0.4) is 0 Å². The van der Waals surface area contributed by atoms with Gasteiger partial charge in [0.1, 0.15) is 11.5 Å². The molecule has 3 rings (SSSR count). The molecule has 3 aromatic carbocycles. The number of nitrogens with zero attached hydrogens (tertiary/aromatic N) is 1. The zero-order valence-corrected chi connectivity index (χ0v) is 14.0. The van der Waals surface area contributed by atoms with Gasteiger partial charge in [0.2, 0.25) is 0 Å². The van der Waals surface area contributed by atoms with Gasteiger partial charge in [-0.05, 0) is 42.6 Å². The van der Waals surface area contributed by atoms with Gasteiger partial charge in [-0.25, -0.2) is 5.43 Å². The first-order chi connectivity index (χ1) is 12.1. The van der Waals surface area contributed by atoms with Crippen molar-refractivity contribution in [1.29, 1.82) is 0 Å². The third-order valence-corrected chi connectivity index (χ3v) is 3.97. The highest BCUT2D eigenvalue weighted by molar-refractivity contribution is 6.07. The van der Waals surface area contributed by atoms with Crippen molar-refractivity contribution in [2.75, 3.05) is 7.11 Å². The van der Waals surface area contributed by atoms with Crippen molar-refractivity contribution in [3.05, 3.63) is 71.8 Å². The molecule has 3 aromatic rings. The van der Waals surface area contributed by atoms with Gasteiger partial charge in [0.05, 0.1) is 12.8 Å². The molecule has 0 atom stereocenters. The number of carbonyl (C=O) groups excluding carboxylic acids is 1. The highest BCUT2D eigenvalue weighted by atomic mass is 16.5. The summed E-state index contributed by atoms with van der Waals surface area (Å²) in [7, 11) is 1.57. The van der Waals surface area contributed by atoms with E-state index in [9.17, 15) is 9.90 Å². The van der Waals surface area contributed by atoms with Crippen LogP contribution in [0.25, 0.3) is 10.8 Å². The second kappa shape index (κ2) is 7.05. The van der Waals surface area contributed by atoms with Crippen molar-refractivity contribution in [2.45, 2.75) is 6.92 Å². The number of phenols is 1. The minimum atomic E-state index is -0.331. The Morgan fingerprint density at radius 3 is 2.48 bits per heavy atom. The number of phenolic OH excluding ortho intramolecular Hbond substituents is 1. The average molecular weight is 334 g/mol. The predicted octanol–water partition coefficient (Wildman–Crippen LogP) is 3.71. The molecule has 0 saturated heterocycles. The minimum Gasteiger partial charge on any atom is -0.507 e. The molecule has 0 aliphatic heterocycles. The number of carbonyl (C=O) groups is 1. The van der Waals surface area contributed by atoms with Crippen LogP contribution in [0.1, 0.15) is 22.8 Å². The lowest BCUT2D eigenvalue weighted by atomic mass is 10.0. The summed E-state index contributed by atoms with van der Waals surface area (Å²) in [5.74, 6) is 0.498. The fourth-order valence-electron chi connectivity index (χ4n) is 2.55. The number of hydrogen-bond acceptors (Lipinski definition) is 4. The van der Waals surface area contributed by atoms with Crippen LogP contribution < -0.4 is 10.2 Å². The van der Waals surface area contributed by atoms with E-state index >= 15 is 0 Å². The van der Waals surface area contributed by atoms with Crippen molar-refractivity contribution < 1.29 is 14.6 Å². The Bertz CT molecular complexity index is 947. The lowest BCUT2D eigenvalue weighted by Crippen LogP contribution is -2.19. The third-order valence-electron chi connectivity index (χ3n) is 3.97. The van der Waals surface area contributed by atoms with E-state index in [0.29, 0.717) is 22.6 Å². The van der Waals surface area contributed by atoms with Gasteiger partial charge in [0.15, 0.2) is 0 Å². The van der Waals surface area contributed by atoms with Gasteiger partial charge in [-0.1, -0.05) is 30.3 Å². The summed E-state index contributed by atoms with van der Waals surface area (Å²) < 4.78 is 5.07. The number of rotatable bonds is 4. The smallest absolute Gasteiger partial charge is 0.271 e. The third kappa shape index (κ3) is 3.45. The Labute approximate surface area is 145 Å². The van der Waals surface area contributed by atoms with Crippen molar-refractivity contribution in [2.24, 2.45) is 5.10 Å². The van der Waals surface area contributed by atoms with Gasteiger partial charge in [-0.15, -0.1) is 0 Å². The van der Waals surface area contributed by atoms with E-state index in [1.54, 1.807) is 44.4 Å². The normalized spacial score (nSPS) is 11.4. The highest BCUT2D eigenvalue weighted by Gasteiger charge is 2.10. The van der Waals surface area contributed by atoms with Crippen LogP contribution in [0.5, 0.6) is 11.5 Å². The van der Waals surface area contributed by atoms with Crippen molar-refractivity contribution >= 4 is 22.4 Å². The first-order valence-electron chi connectivity index (χ1n) is 7.80. The monoisotopic (exact) mass is 334 g/mol. The number of ether oxygens (including phenoxy) is 1. The fourth-order valence-corrected chi connectivity index (χ4v) is 2.55. The maximum absolute atomic E-state index is 12.2. The molecule has 0 fully saturated rings. The Hall–Kier alpha value is -3.34. The van der Waals surface area contributed by atoms with Crippen LogP contribution in [-0.2, 0) is 0 Å². The number of benzene rings is 3. The molecular weight excluding hydrogens is 316 g/mol. The molecule has 0 bridgehead atoms. The number of amides is 1. The molecule has 0 saturated carbocycles. The quantitative estimate of drug-likeness (QED) is 0.564. The molecule has 0 aromatic heterocycles. The van der Waals surface area contributed by atoms with E-state index < -0.39 is 0 Å². The minimum absolute atomic E-state index is 0.151. The molecule has 0 aliphatic carbocycles. The molecule has 5 nitrogen and oxygen atoms in total. The zero-order chi connectivity index (χ0) is 17.8. The van der Waals surface area contributed by atoms with Gasteiger partial charge in [-0.3, -0.25) is 4.79 Å². The molecule has 1 amide bonds. The predicted molar refractivity (Wildman–Crippen MR) is 98.3 cm³/mol.